The van der Waals surface area contributed by atoms with Crippen molar-refractivity contribution in [3.8, 4) is 0 Å². The van der Waals surface area contributed by atoms with Crippen LogP contribution in [0.25, 0.3) is 0 Å². The number of carbonyl (C=O) groups excluding carboxylic acids is 1. The van der Waals surface area contributed by atoms with Crippen molar-refractivity contribution in [1.82, 2.24) is 5.32 Å². The zero-order valence-electron chi connectivity index (χ0n) is 13.7. The summed E-state index contributed by atoms with van der Waals surface area (Å²) in [5.41, 5.74) is 6.79. The van der Waals surface area contributed by atoms with Crippen molar-refractivity contribution in [2.24, 2.45) is 5.73 Å². The summed E-state index contributed by atoms with van der Waals surface area (Å²) in [5.74, 6) is 0.645. The van der Waals surface area contributed by atoms with Gasteiger partial charge in [0, 0.05) is 6.04 Å². The fraction of sp³-hybridized carbons (Fsp3) is 0.611. The molecule has 1 fully saturated rings. The Morgan fingerprint density at radius 3 is 2.36 bits per heavy atom. The van der Waals surface area contributed by atoms with Gasteiger partial charge in [-0.3, -0.25) is 4.79 Å². The van der Waals surface area contributed by atoms with E-state index in [1.54, 1.807) is 0 Å². The molecule has 0 saturated heterocycles. The third kappa shape index (κ3) is 4.99. The van der Waals surface area contributed by atoms with Crippen LogP contribution in [-0.4, -0.2) is 17.5 Å². The molecule has 0 spiro atoms. The normalized spacial score (nSPS) is 24.0. The summed E-state index contributed by atoms with van der Waals surface area (Å²) < 4.78 is 0. The van der Waals surface area contributed by atoms with Crippen LogP contribution in [0.5, 0.6) is 0 Å². The maximum atomic E-state index is 12.2. The number of nitrogens with two attached hydrogens (primary N) is 1. The lowest BCUT2D eigenvalue weighted by molar-refractivity contribution is -0.127. The van der Waals surface area contributed by atoms with E-state index >= 15 is 0 Å². The lowest BCUT2D eigenvalue weighted by atomic mass is 9.81. The first kappa shape index (κ1) is 19.0. The Morgan fingerprint density at radius 1 is 1.23 bits per heavy atom. The van der Waals surface area contributed by atoms with Gasteiger partial charge in [-0.2, -0.15) is 0 Å². The van der Waals surface area contributed by atoms with Gasteiger partial charge in [0.1, 0.15) is 0 Å². The van der Waals surface area contributed by atoms with Gasteiger partial charge in [0.15, 0.2) is 0 Å². The van der Waals surface area contributed by atoms with Gasteiger partial charge in [0.2, 0.25) is 5.91 Å². The maximum Gasteiger partial charge on any atom is 0.240 e. The second-order valence-electron chi connectivity index (χ2n) is 6.60. The van der Waals surface area contributed by atoms with E-state index < -0.39 is 5.54 Å². The molecule has 0 aromatic heterocycles. The van der Waals surface area contributed by atoms with E-state index in [1.807, 2.05) is 6.92 Å². The van der Waals surface area contributed by atoms with E-state index in [2.05, 4.69) is 42.6 Å². The molecule has 1 saturated carbocycles. The minimum Gasteiger partial charge on any atom is -0.352 e. The van der Waals surface area contributed by atoms with Gasteiger partial charge in [-0.15, -0.1) is 12.4 Å². The Kier molecular flexibility index (Phi) is 7.37. The molecule has 3 N–H and O–H groups in total. The Morgan fingerprint density at radius 2 is 1.82 bits per heavy atom. The summed E-state index contributed by atoms with van der Waals surface area (Å²) in [6.07, 6.45) is 6.05. The third-order valence-electron chi connectivity index (χ3n) is 4.62. The third-order valence-corrected chi connectivity index (χ3v) is 4.62. The molecule has 22 heavy (non-hydrogen) atoms. The SMILES string of the molecule is CCCC(C)(N)C(=O)NC1CCC(c2ccccc2)CC1.Cl. The van der Waals surface area contributed by atoms with E-state index in [0.29, 0.717) is 5.92 Å². The van der Waals surface area contributed by atoms with Gasteiger partial charge in [-0.25, -0.2) is 0 Å². The fourth-order valence-electron chi connectivity index (χ4n) is 3.28. The molecule has 1 aromatic carbocycles. The van der Waals surface area contributed by atoms with E-state index in [0.717, 1.165) is 38.5 Å². The highest BCUT2D eigenvalue weighted by molar-refractivity contribution is 5.86. The number of nitrogens with one attached hydrogen (secondary N) is 1. The Labute approximate surface area is 140 Å². The Bertz CT molecular complexity index is 453. The van der Waals surface area contributed by atoms with Crippen LogP contribution in [-0.2, 0) is 4.79 Å². The Balaban J connectivity index is 0.00000242. The molecule has 0 aliphatic heterocycles. The average molecular weight is 325 g/mol. The first-order valence-electron chi connectivity index (χ1n) is 8.17. The van der Waals surface area contributed by atoms with Crippen molar-refractivity contribution < 1.29 is 4.79 Å². The molecule has 4 heteroatoms. The molecule has 1 aliphatic rings. The summed E-state index contributed by atoms with van der Waals surface area (Å²) in [6.45, 7) is 3.89. The van der Waals surface area contributed by atoms with Crippen LogP contribution in [0.4, 0.5) is 0 Å². The largest absolute Gasteiger partial charge is 0.352 e. The second-order valence-corrected chi connectivity index (χ2v) is 6.60. The molecule has 0 heterocycles. The highest BCUT2D eigenvalue weighted by Gasteiger charge is 2.30. The van der Waals surface area contributed by atoms with Gasteiger partial charge in [-0.05, 0) is 50.5 Å². The van der Waals surface area contributed by atoms with Gasteiger partial charge in [0.05, 0.1) is 5.54 Å². The van der Waals surface area contributed by atoms with Crippen LogP contribution in [0.2, 0.25) is 0 Å². The monoisotopic (exact) mass is 324 g/mol. The molecule has 2 rings (SSSR count). The quantitative estimate of drug-likeness (QED) is 0.866. The first-order chi connectivity index (χ1) is 10.0. The van der Waals surface area contributed by atoms with Crippen LogP contribution in [0.15, 0.2) is 30.3 Å². The van der Waals surface area contributed by atoms with Crippen molar-refractivity contribution in [3.63, 3.8) is 0 Å². The summed E-state index contributed by atoms with van der Waals surface area (Å²) in [4.78, 5) is 12.2. The molecule has 1 atom stereocenters. The number of carbonyl (C=O) groups is 1. The zero-order valence-corrected chi connectivity index (χ0v) is 14.5. The molecule has 1 amide bonds. The Hall–Kier alpha value is -1.06. The number of hydrogen-bond acceptors (Lipinski definition) is 2. The van der Waals surface area contributed by atoms with Crippen molar-refractivity contribution in [2.45, 2.75) is 69.9 Å². The molecule has 1 aromatic rings. The van der Waals surface area contributed by atoms with Crippen molar-refractivity contribution >= 4 is 18.3 Å². The van der Waals surface area contributed by atoms with Crippen LogP contribution < -0.4 is 11.1 Å². The van der Waals surface area contributed by atoms with Crippen molar-refractivity contribution in [3.05, 3.63) is 35.9 Å². The minimum atomic E-state index is -0.731. The first-order valence-corrected chi connectivity index (χ1v) is 8.17. The highest BCUT2D eigenvalue weighted by Crippen LogP contribution is 2.32. The number of halogens is 1. The van der Waals surface area contributed by atoms with E-state index in [1.165, 1.54) is 5.56 Å². The average Bonchev–Trinajstić information content (AvgIpc) is 2.49. The van der Waals surface area contributed by atoms with Gasteiger partial charge in [-0.1, -0.05) is 43.7 Å². The van der Waals surface area contributed by atoms with Crippen LogP contribution in [0.3, 0.4) is 0 Å². The number of rotatable bonds is 5. The van der Waals surface area contributed by atoms with Crippen LogP contribution in [0, 0.1) is 0 Å². The molecule has 0 bridgehead atoms. The molecule has 1 aliphatic carbocycles. The lowest BCUT2D eigenvalue weighted by Crippen LogP contribution is -2.54. The number of benzene rings is 1. The van der Waals surface area contributed by atoms with E-state index in [-0.39, 0.29) is 24.4 Å². The molecule has 0 radical (unpaired) electrons. The predicted octanol–water partition coefficient (Wildman–Crippen LogP) is 3.77. The smallest absolute Gasteiger partial charge is 0.240 e. The molecular formula is C18H29ClN2O. The zero-order chi connectivity index (χ0) is 15.3. The number of amides is 1. The van der Waals surface area contributed by atoms with Crippen molar-refractivity contribution in [1.29, 1.82) is 0 Å². The predicted molar refractivity (Wildman–Crippen MR) is 94.3 cm³/mol. The summed E-state index contributed by atoms with van der Waals surface area (Å²) in [5, 5.41) is 3.15. The minimum absolute atomic E-state index is 0. The highest BCUT2D eigenvalue weighted by atomic mass is 35.5. The summed E-state index contributed by atoms with van der Waals surface area (Å²) in [7, 11) is 0. The van der Waals surface area contributed by atoms with Crippen molar-refractivity contribution in [2.75, 3.05) is 0 Å². The van der Waals surface area contributed by atoms with Crippen LogP contribution in [0.1, 0.15) is 63.9 Å². The topological polar surface area (TPSA) is 55.1 Å². The van der Waals surface area contributed by atoms with Gasteiger partial charge < -0.3 is 11.1 Å². The maximum absolute atomic E-state index is 12.2. The molecule has 124 valence electrons. The standard InChI is InChI=1S/C18H28N2O.ClH/c1-3-13-18(2,19)17(21)20-16-11-9-15(10-12-16)14-7-5-4-6-8-14;/h4-8,15-16H,3,9-13,19H2,1-2H3,(H,20,21);1H. The van der Waals surface area contributed by atoms with Gasteiger partial charge >= 0.3 is 0 Å². The van der Waals surface area contributed by atoms with E-state index in [4.69, 9.17) is 5.73 Å². The summed E-state index contributed by atoms with van der Waals surface area (Å²) >= 11 is 0. The van der Waals surface area contributed by atoms with E-state index in [9.17, 15) is 4.79 Å². The molecular weight excluding hydrogens is 296 g/mol. The van der Waals surface area contributed by atoms with Gasteiger partial charge in [0.25, 0.3) is 0 Å². The summed E-state index contributed by atoms with van der Waals surface area (Å²) in [6, 6.07) is 11.0. The molecule has 1 unspecified atom stereocenters. The van der Waals surface area contributed by atoms with Crippen LogP contribution >= 0.6 is 12.4 Å². The second kappa shape index (κ2) is 8.54. The number of hydrogen-bond donors (Lipinski definition) is 2. The fourth-order valence-corrected chi connectivity index (χ4v) is 3.28. The molecule has 3 nitrogen and oxygen atoms in total. The lowest BCUT2D eigenvalue weighted by Gasteiger charge is -2.32.